The summed E-state index contributed by atoms with van der Waals surface area (Å²) in [5, 5.41) is 12.0. The summed E-state index contributed by atoms with van der Waals surface area (Å²) in [5.74, 6) is -0.436. The summed E-state index contributed by atoms with van der Waals surface area (Å²) in [4.78, 5) is 0. The number of rotatable bonds is 3. The third kappa shape index (κ3) is 2.99. The Morgan fingerprint density at radius 1 is 1.22 bits per heavy atom. The minimum absolute atomic E-state index is 0.0887. The Labute approximate surface area is 110 Å². The first-order valence-corrected chi connectivity index (χ1v) is 5.75. The van der Waals surface area contributed by atoms with Crippen molar-refractivity contribution in [3.8, 4) is 6.07 Å². The van der Waals surface area contributed by atoms with Gasteiger partial charge in [-0.25, -0.2) is 4.39 Å². The van der Waals surface area contributed by atoms with E-state index in [1.807, 2.05) is 12.1 Å². The third-order valence-corrected chi connectivity index (χ3v) is 2.76. The van der Waals surface area contributed by atoms with Crippen LogP contribution >= 0.6 is 11.6 Å². The van der Waals surface area contributed by atoms with Crippen LogP contribution in [0.1, 0.15) is 11.1 Å². The third-order valence-electron chi connectivity index (χ3n) is 2.47. The first kappa shape index (κ1) is 12.4. The van der Waals surface area contributed by atoms with Gasteiger partial charge in [-0.15, -0.1) is 0 Å². The van der Waals surface area contributed by atoms with E-state index in [9.17, 15) is 4.39 Å². The van der Waals surface area contributed by atoms with E-state index in [1.165, 1.54) is 12.1 Å². The molecule has 2 aromatic carbocycles. The number of hydrogen-bond donors (Lipinski definition) is 1. The molecule has 0 fully saturated rings. The highest BCUT2D eigenvalue weighted by atomic mass is 35.5. The van der Waals surface area contributed by atoms with Gasteiger partial charge in [0.25, 0.3) is 0 Å². The van der Waals surface area contributed by atoms with E-state index in [1.54, 1.807) is 18.2 Å². The van der Waals surface area contributed by atoms with E-state index >= 15 is 0 Å². The molecule has 1 N–H and O–H groups in total. The Morgan fingerprint density at radius 3 is 2.78 bits per heavy atom. The van der Waals surface area contributed by atoms with Crippen molar-refractivity contribution in [1.29, 1.82) is 5.26 Å². The van der Waals surface area contributed by atoms with Crippen molar-refractivity contribution in [3.05, 3.63) is 64.4 Å². The lowest BCUT2D eigenvalue weighted by Crippen LogP contribution is -1.99. The van der Waals surface area contributed by atoms with Crippen LogP contribution in [-0.2, 0) is 6.54 Å². The molecule has 0 aliphatic rings. The average Bonchev–Trinajstić information content (AvgIpc) is 2.40. The lowest BCUT2D eigenvalue weighted by molar-refractivity contribution is 0.628. The minimum atomic E-state index is -0.436. The monoisotopic (exact) mass is 260 g/mol. The smallest absolute Gasteiger partial charge is 0.141 e. The van der Waals surface area contributed by atoms with Crippen LogP contribution in [0.4, 0.5) is 10.1 Å². The molecule has 0 atom stereocenters. The van der Waals surface area contributed by atoms with Crippen LogP contribution in [0.25, 0.3) is 0 Å². The van der Waals surface area contributed by atoms with Crippen molar-refractivity contribution in [2.75, 3.05) is 5.32 Å². The molecule has 0 saturated carbocycles. The fourth-order valence-electron chi connectivity index (χ4n) is 1.56. The number of nitriles is 1. The second kappa shape index (κ2) is 5.52. The molecule has 0 aliphatic heterocycles. The predicted molar refractivity (Wildman–Crippen MR) is 69.9 cm³/mol. The summed E-state index contributed by atoms with van der Waals surface area (Å²) in [6.07, 6.45) is 0. The zero-order chi connectivity index (χ0) is 13.0. The summed E-state index contributed by atoms with van der Waals surface area (Å²) < 4.78 is 13.0. The molecule has 2 aromatic rings. The van der Waals surface area contributed by atoms with E-state index in [2.05, 4.69) is 11.4 Å². The Hall–Kier alpha value is -2.05. The summed E-state index contributed by atoms with van der Waals surface area (Å²) >= 11 is 5.69. The molecule has 0 aromatic heterocycles. The molecule has 0 bridgehead atoms. The molecule has 90 valence electrons. The summed E-state index contributed by atoms with van der Waals surface area (Å²) in [6, 6.07) is 13.8. The van der Waals surface area contributed by atoms with Gasteiger partial charge in [0.15, 0.2) is 0 Å². The molecule has 0 amide bonds. The second-order valence-corrected chi connectivity index (χ2v) is 4.20. The lowest BCUT2D eigenvalue weighted by Gasteiger charge is -2.07. The van der Waals surface area contributed by atoms with Gasteiger partial charge in [0, 0.05) is 12.2 Å². The Bertz CT molecular complexity index is 605. The summed E-state index contributed by atoms with van der Waals surface area (Å²) in [5.41, 5.74) is 2.34. The molecule has 0 saturated heterocycles. The number of hydrogen-bond acceptors (Lipinski definition) is 2. The lowest BCUT2D eigenvalue weighted by atomic mass is 10.1. The maximum absolute atomic E-state index is 13.0. The van der Waals surface area contributed by atoms with Gasteiger partial charge in [-0.1, -0.05) is 23.7 Å². The first-order valence-electron chi connectivity index (χ1n) is 5.37. The Kier molecular flexibility index (Phi) is 3.81. The molecule has 4 heteroatoms. The molecule has 2 nitrogen and oxygen atoms in total. The van der Waals surface area contributed by atoms with Crippen LogP contribution in [0.15, 0.2) is 42.5 Å². The normalized spacial score (nSPS) is 9.83. The van der Waals surface area contributed by atoms with Crippen LogP contribution in [-0.4, -0.2) is 0 Å². The highest BCUT2D eigenvalue weighted by Crippen LogP contribution is 2.19. The van der Waals surface area contributed by atoms with Gasteiger partial charge in [-0.2, -0.15) is 5.26 Å². The van der Waals surface area contributed by atoms with Crippen LogP contribution in [0.2, 0.25) is 5.02 Å². The molecule has 0 spiro atoms. The van der Waals surface area contributed by atoms with Gasteiger partial charge < -0.3 is 5.32 Å². The van der Waals surface area contributed by atoms with E-state index in [4.69, 9.17) is 16.9 Å². The molecule has 0 unspecified atom stereocenters. The second-order valence-electron chi connectivity index (χ2n) is 3.79. The number of nitrogens with zero attached hydrogens (tertiary/aromatic N) is 1. The standard InChI is InChI=1S/C14H10ClFN2/c15-13-7-12(4-5-14(13)16)18-9-11-3-1-2-10(6-11)8-17/h1-7,18H,9H2. The van der Waals surface area contributed by atoms with Crippen LogP contribution in [0, 0.1) is 17.1 Å². The first-order chi connectivity index (χ1) is 8.69. The quantitative estimate of drug-likeness (QED) is 0.907. The fourth-order valence-corrected chi connectivity index (χ4v) is 1.74. The van der Waals surface area contributed by atoms with Gasteiger partial charge in [0.05, 0.1) is 16.7 Å². The maximum atomic E-state index is 13.0. The largest absolute Gasteiger partial charge is 0.381 e. The summed E-state index contributed by atoms with van der Waals surface area (Å²) in [6.45, 7) is 0.553. The van der Waals surface area contributed by atoms with Gasteiger partial charge in [-0.3, -0.25) is 0 Å². The van der Waals surface area contributed by atoms with Crippen LogP contribution in [0.5, 0.6) is 0 Å². The molecule has 2 rings (SSSR count). The molecule has 0 radical (unpaired) electrons. The van der Waals surface area contributed by atoms with Crippen LogP contribution in [0.3, 0.4) is 0 Å². The van der Waals surface area contributed by atoms with E-state index in [0.29, 0.717) is 12.1 Å². The van der Waals surface area contributed by atoms with E-state index in [-0.39, 0.29) is 5.02 Å². The number of benzene rings is 2. The number of nitrogens with one attached hydrogen (secondary N) is 1. The maximum Gasteiger partial charge on any atom is 0.141 e. The molecule has 0 aliphatic carbocycles. The van der Waals surface area contributed by atoms with Gasteiger partial charge in [-0.05, 0) is 35.9 Å². The van der Waals surface area contributed by atoms with Crippen molar-refractivity contribution in [1.82, 2.24) is 0 Å². The molecule has 0 heterocycles. The number of halogens is 2. The van der Waals surface area contributed by atoms with Crippen molar-refractivity contribution < 1.29 is 4.39 Å². The Balaban J connectivity index is 2.07. The van der Waals surface area contributed by atoms with Crippen molar-refractivity contribution in [3.63, 3.8) is 0 Å². The molecule has 18 heavy (non-hydrogen) atoms. The Morgan fingerprint density at radius 2 is 2.06 bits per heavy atom. The van der Waals surface area contributed by atoms with Gasteiger partial charge in [0.2, 0.25) is 0 Å². The topological polar surface area (TPSA) is 35.8 Å². The summed E-state index contributed by atoms with van der Waals surface area (Å²) in [7, 11) is 0. The molecular formula is C14H10ClFN2. The molecular weight excluding hydrogens is 251 g/mol. The predicted octanol–water partition coefficient (Wildman–Crippen LogP) is 3.96. The van der Waals surface area contributed by atoms with Crippen molar-refractivity contribution in [2.24, 2.45) is 0 Å². The minimum Gasteiger partial charge on any atom is -0.381 e. The number of anilines is 1. The van der Waals surface area contributed by atoms with Crippen molar-refractivity contribution >= 4 is 17.3 Å². The van der Waals surface area contributed by atoms with E-state index in [0.717, 1.165) is 11.3 Å². The van der Waals surface area contributed by atoms with E-state index < -0.39 is 5.82 Å². The fraction of sp³-hybridized carbons (Fsp3) is 0.0714. The van der Waals surface area contributed by atoms with Gasteiger partial charge >= 0.3 is 0 Å². The highest BCUT2D eigenvalue weighted by molar-refractivity contribution is 6.31. The zero-order valence-electron chi connectivity index (χ0n) is 9.45. The average molecular weight is 261 g/mol. The van der Waals surface area contributed by atoms with Gasteiger partial charge in [0.1, 0.15) is 5.82 Å². The SMILES string of the molecule is N#Cc1cccc(CNc2ccc(F)c(Cl)c2)c1. The van der Waals surface area contributed by atoms with Crippen molar-refractivity contribution in [2.45, 2.75) is 6.54 Å². The van der Waals surface area contributed by atoms with Crippen LogP contribution < -0.4 is 5.32 Å². The zero-order valence-corrected chi connectivity index (χ0v) is 10.2. The highest BCUT2D eigenvalue weighted by Gasteiger charge is 2.01.